The first-order valence-electron chi connectivity index (χ1n) is 10.1. The number of carbonyl (C=O) groups excluding carboxylic acids is 1. The summed E-state index contributed by atoms with van der Waals surface area (Å²) < 4.78 is 1.46. The van der Waals surface area contributed by atoms with Crippen molar-refractivity contribution in [3.8, 4) is 5.82 Å². The molecule has 1 amide bonds. The standard InChI is InChI=1S/C21H23N7O/c29-21(17-7-9-22-20(12-17)28-15-23-24-25-28)27-10-3-6-19(14-27)26-11-8-16-4-1-2-5-18(16)13-26/h1-2,4-5,7,9,12,15,19H,3,6,8,10-11,13-14H2. The Kier molecular flexibility index (Phi) is 4.77. The van der Waals surface area contributed by atoms with E-state index >= 15 is 0 Å². The van der Waals surface area contributed by atoms with Gasteiger partial charge in [-0.2, -0.15) is 4.68 Å². The van der Waals surface area contributed by atoms with E-state index in [1.807, 2.05) is 4.90 Å². The summed E-state index contributed by atoms with van der Waals surface area (Å²) in [6.45, 7) is 3.59. The molecule has 8 nitrogen and oxygen atoms in total. The molecular weight excluding hydrogens is 366 g/mol. The number of carbonyl (C=O) groups is 1. The first kappa shape index (κ1) is 17.9. The molecule has 3 aromatic rings. The van der Waals surface area contributed by atoms with Crippen LogP contribution in [-0.2, 0) is 13.0 Å². The van der Waals surface area contributed by atoms with Crippen LogP contribution in [0.4, 0.5) is 0 Å². The number of nitrogens with zero attached hydrogens (tertiary/aromatic N) is 7. The molecular formula is C21H23N7O. The van der Waals surface area contributed by atoms with E-state index < -0.39 is 0 Å². The molecule has 1 aromatic carbocycles. The summed E-state index contributed by atoms with van der Waals surface area (Å²) in [6.07, 6.45) is 6.35. The third-order valence-electron chi connectivity index (χ3n) is 5.94. The zero-order valence-electron chi connectivity index (χ0n) is 16.2. The van der Waals surface area contributed by atoms with Gasteiger partial charge in [-0.3, -0.25) is 9.69 Å². The second-order valence-corrected chi connectivity index (χ2v) is 7.69. The zero-order valence-corrected chi connectivity index (χ0v) is 16.2. The molecule has 1 unspecified atom stereocenters. The fraction of sp³-hybridized carbons (Fsp3) is 0.381. The molecule has 1 fully saturated rings. The molecule has 0 spiro atoms. The van der Waals surface area contributed by atoms with Crippen LogP contribution in [-0.4, -0.2) is 66.6 Å². The summed E-state index contributed by atoms with van der Waals surface area (Å²) in [5.74, 6) is 0.589. The van der Waals surface area contributed by atoms with E-state index in [1.165, 1.54) is 22.1 Å². The molecule has 5 rings (SSSR count). The summed E-state index contributed by atoms with van der Waals surface area (Å²) in [6, 6.07) is 12.6. The molecule has 2 aliphatic heterocycles. The number of piperidine rings is 1. The number of amides is 1. The van der Waals surface area contributed by atoms with Gasteiger partial charge in [0.05, 0.1) is 0 Å². The quantitative estimate of drug-likeness (QED) is 0.679. The van der Waals surface area contributed by atoms with Gasteiger partial charge >= 0.3 is 0 Å². The first-order valence-corrected chi connectivity index (χ1v) is 10.1. The molecule has 2 aliphatic rings. The molecule has 1 atom stereocenters. The number of rotatable bonds is 3. The first-order chi connectivity index (χ1) is 14.3. The Morgan fingerprint density at radius 1 is 1.10 bits per heavy atom. The van der Waals surface area contributed by atoms with Gasteiger partial charge in [-0.25, -0.2) is 4.98 Å². The van der Waals surface area contributed by atoms with E-state index in [-0.39, 0.29) is 5.91 Å². The van der Waals surface area contributed by atoms with Crippen LogP contribution in [0.5, 0.6) is 0 Å². The number of fused-ring (bicyclic) bond motifs is 1. The lowest BCUT2D eigenvalue weighted by atomic mass is 9.96. The van der Waals surface area contributed by atoms with Crippen LogP contribution in [0, 0.1) is 0 Å². The number of benzene rings is 1. The minimum absolute atomic E-state index is 0.0452. The SMILES string of the molecule is O=C(c1ccnc(-n2cnnn2)c1)N1CCCC(N2CCc3ccccc3C2)C1. The lowest BCUT2D eigenvalue weighted by Crippen LogP contribution is -2.51. The van der Waals surface area contributed by atoms with Crippen LogP contribution in [0.1, 0.15) is 34.3 Å². The maximum atomic E-state index is 13.2. The zero-order chi connectivity index (χ0) is 19.6. The summed E-state index contributed by atoms with van der Waals surface area (Å²) in [5, 5.41) is 11.1. The van der Waals surface area contributed by atoms with Gasteiger partial charge in [0.25, 0.3) is 5.91 Å². The minimum atomic E-state index is 0.0452. The highest BCUT2D eigenvalue weighted by atomic mass is 16.2. The van der Waals surface area contributed by atoms with E-state index in [4.69, 9.17) is 0 Å². The smallest absolute Gasteiger partial charge is 0.254 e. The maximum Gasteiger partial charge on any atom is 0.254 e. The molecule has 4 heterocycles. The Balaban J connectivity index is 1.30. The van der Waals surface area contributed by atoms with Gasteiger partial charge in [0.15, 0.2) is 5.82 Å². The number of hydrogen-bond donors (Lipinski definition) is 0. The van der Waals surface area contributed by atoms with Gasteiger partial charge in [-0.15, -0.1) is 5.10 Å². The maximum absolute atomic E-state index is 13.2. The number of likely N-dealkylation sites (tertiary alicyclic amines) is 1. The average molecular weight is 389 g/mol. The minimum Gasteiger partial charge on any atom is -0.337 e. The van der Waals surface area contributed by atoms with Crippen molar-refractivity contribution in [3.63, 3.8) is 0 Å². The molecule has 0 saturated carbocycles. The van der Waals surface area contributed by atoms with Crippen LogP contribution < -0.4 is 0 Å². The van der Waals surface area contributed by atoms with Gasteiger partial charge in [0.1, 0.15) is 6.33 Å². The summed E-state index contributed by atoms with van der Waals surface area (Å²) in [4.78, 5) is 21.9. The third-order valence-corrected chi connectivity index (χ3v) is 5.94. The normalized spacial score (nSPS) is 19.7. The van der Waals surface area contributed by atoms with E-state index in [9.17, 15) is 4.79 Å². The number of aromatic nitrogens is 5. The molecule has 148 valence electrons. The molecule has 8 heteroatoms. The third kappa shape index (κ3) is 3.63. The molecule has 29 heavy (non-hydrogen) atoms. The number of pyridine rings is 1. The lowest BCUT2D eigenvalue weighted by molar-refractivity contribution is 0.0549. The van der Waals surface area contributed by atoms with E-state index in [2.05, 4.69) is 49.7 Å². The fourth-order valence-corrected chi connectivity index (χ4v) is 4.39. The Labute approximate surface area is 169 Å². The Bertz CT molecular complexity index is 1000. The molecule has 0 radical (unpaired) electrons. The molecule has 2 aromatic heterocycles. The second kappa shape index (κ2) is 7.71. The van der Waals surface area contributed by atoms with Gasteiger partial charge in [0, 0.05) is 44.0 Å². The summed E-state index contributed by atoms with van der Waals surface area (Å²) >= 11 is 0. The van der Waals surface area contributed by atoms with Gasteiger partial charge < -0.3 is 4.90 Å². The largest absolute Gasteiger partial charge is 0.337 e. The van der Waals surface area contributed by atoms with Crippen molar-refractivity contribution >= 4 is 5.91 Å². The molecule has 0 bridgehead atoms. The van der Waals surface area contributed by atoms with Crippen LogP contribution in [0.25, 0.3) is 5.82 Å². The van der Waals surface area contributed by atoms with Crippen molar-refractivity contribution < 1.29 is 4.79 Å². The average Bonchev–Trinajstić information content (AvgIpc) is 3.33. The predicted molar refractivity (Wildman–Crippen MR) is 106 cm³/mol. The van der Waals surface area contributed by atoms with Gasteiger partial charge in [0.2, 0.25) is 0 Å². The van der Waals surface area contributed by atoms with Crippen LogP contribution in [0.3, 0.4) is 0 Å². The Hall–Kier alpha value is -3.13. The van der Waals surface area contributed by atoms with E-state index in [0.717, 1.165) is 45.4 Å². The summed E-state index contributed by atoms with van der Waals surface area (Å²) in [7, 11) is 0. The van der Waals surface area contributed by atoms with E-state index in [0.29, 0.717) is 17.4 Å². The number of hydrogen-bond acceptors (Lipinski definition) is 6. The molecule has 0 N–H and O–H groups in total. The van der Waals surface area contributed by atoms with Gasteiger partial charge in [-0.1, -0.05) is 24.3 Å². The van der Waals surface area contributed by atoms with Crippen LogP contribution in [0.2, 0.25) is 0 Å². The van der Waals surface area contributed by atoms with Crippen molar-refractivity contribution in [3.05, 3.63) is 65.6 Å². The fourth-order valence-electron chi connectivity index (χ4n) is 4.39. The van der Waals surface area contributed by atoms with Crippen molar-refractivity contribution in [1.82, 2.24) is 35.0 Å². The predicted octanol–water partition coefficient (Wildman–Crippen LogP) is 1.72. The highest BCUT2D eigenvalue weighted by Crippen LogP contribution is 2.25. The Morgan fingerprint density at radius 2 is 2.00 bits per heavy atom. The van der Waals surface area contributed by atoms with Crippen molar-refractivity contribution in [2.45, 2.75) is 31.8 Å². The highest BCUT2D eigenvalue weighted by molar-refractivity contribution is 5.94. The monoisotopic (exact) mass is 389 g/mol. The number of tetrazole rings is 1. The molecule has 1 saturated heterocycles. The van der Waals surface area contributed by atoms with Crippen LogP contribution in [0.15, 0.2) is 48.9 Å². The van der Waals surface area contributed by atoms with Crippen molar-refractivity contribution in [1.29, 1.82) is 0 Å². The summed E-state index contributed by atoms with van der Waals surface area (Å²) in [5.41, 5.74) is 3.50. The topological polar surface area (TPSA) is 80.0 Å². The second-order valence-electron chi connectivity index (χ2n) is 7.69. The lowest BCUT2D eigenvalue weighted by Gasteiger charge is -2.41. The van der Waals surface area contributed by atoms with Gasteiger partial charge in [-0.05, 0) is 52.9 Å². The highest BCUT2D eigenvalue weighted by Gasteiger charge is 2.30. The van der Waals surface area contributed by atoms with E-state index in [1.54, 1.807) is 18.3 Å². The van der Waals surface area contributed by atoms with Crippen molar-refractivity contribution in [2.24, 2.45) is 0 Å². The van der Waals surface area contributed by atoms with Crippen molar-refractivity contribution in [2.75, 3.05) is 19.6 Å². The molecule has 0 aliphatic carbocycles. The van der Waals surface area contributed by atoms with Crippen LogP contribution >= 0.6 is 0 Å². The Morgan fingerprint density at radius 3 is 2.86 bits per heavy atom.